The minimum absolute atomic E-state index is 0.168. The van der Waals surface area contributed by atoms with Crippen LogP contribution in [0.1, 0.15) is 36.2 Å². The SMILES string of the molecule is CC(Cl)c1nc2ccc(C#N)cc2n1C1CCOC1. The van der Waals surface area contributed by atoms with E-state index in [-0.39, 0.29) is 11.4 Å². The molecule has 1 saturated heterocycles. The number of imidazole rings is 1. The second-order valence-corrected chi connectivity index (χ2v) is 5.44. The lowest BCUT2D eigenvalue weighted by Gasteiger charge is -2.16. The fourth-order valence-electron chi connectivity index (χ4n) is 2.57. The van der Waals surface area contributed by atoms with Gasteiger partial charge in [0, 0.05) is 6.61 Å². The quantitative estimate of drug-likeness (QED) is 0.791. The van der Waals surface area contributed by atoms with E-state index in [2.05, 4.69) is 15.6 Å². The molecular formula is C14H14ClN3O. The van der Waals surface area contributed by atoms with Crippen LogP contribution in [0.25, 0.3) is 11.0 Å². The molecule has 0 aliphatic carbocycles. The zero-order chi connectivity index (χ0) is 13.4. The minimum atomic E-state index is -0.168. The van der Waals surface area contributed by atoms with Crippen molar-refractivity contribution >= 4 is 22.6 Å². The maximum absolute atomic E-state index is 9.04. The molecular weight excluding hydrogens is 262 g/mol. The van der Waals surface area contributed by atoms with Crippen molar-refractivity contribution in [3.8, 4) is 6.07 Å². The molecule has 5 heteroatoms. The molecule has 1 aliphatic rings. The van der Waals surface area contributed by atoms with Crippen molar-refractivity contribution in [3.63, 3.8) is 0 Å². The topological polar surface area (TPSA) is 50.8 Å². The van der Waals surface area contributed by atoms with Gasteiger partial charge < -0.3 is 9.30 Å². The Balaban J connectivity index is 2.24. The number of fused-ring (bicyclic) bond motifs is 1. The number of nitrogens with zero attached hydrogens (tertiary/aromatic N) is 3. The maximum Gasteiger partial charge on any atom is 0.128 e. The summed E-state index contributed by atoms with van der Waals surface area (Å²) in [7, 11) is 0. The zero-order valence-corrected chi connectivity index (χ0v) is 11.4. The summed E-state index contributed by atoms with van der Waals surface area (Å²) in [6, 6.07) is 7.97. The number of aromatic nitrogens is 2. The third-order valence-electron chi connectivity index (χ3n) is 3.47. The molecule has 0 radical (unpaired) electrons. The standard InChI is InChI=1S/C14H14ClN3O/c1-9(15)14-17-12-3-2-10(7-16)6-13(12)18(14)11-4-5-19-8-11/h2-3,6,9,11H,4-5,8H2,1H3. The molecule has 98 valence electrons. The predicted molar refractivity (Wildman–Crippen MR) is 73.2 cm³/mol. The van der Waals surface area contributed by atoms with Gasteiger partial charge in [-0.05, 0) is 31.5 Å². The molecule has 1 aromatic heterocycles. The molecule has 1 aliphatic heterocycles. The van der Waals surface area contributed by atoms with E-state index in [1.54, 1.807) is 6.07 Å². The van der Waals surface area contributed by atoms with Crippen LogP contribution in [-0.2, 0) is 4.74 Å². The number of benzene rings is 1. The van der Waals surface area contributed by atoms with Gasteiger partial charge in [0.05, 0.1) is 40.7 Å². The van der Waals surface area contributed by atoms with Crippen LogP contribution in [0, 0.1) is 11.3 Å². The van der Waals surface area contributed by atoms with Crippen LogP contribution in [0.5, 0.6) is 0 Å². The molecule has 0 saturated carbocycles. The molecule has 3 rings (SSSR count). The van der Waals surface area contributed by atoms with Gasteiger partial charge in [-0.25, -0.2) is 4.98 Å². The summed E-state index contributed by atoms with van der Waals surface area (Å²) >= 11 is 6.24. The first-order chi connectivity index (χ1) is 9.20. The molecule has 0 bridgehead atoms. The van der Waals surface area contributed by atoms with Gasteiger partial charge in [0.25, 0.3) is 0 Å². The molecule has 4 nitrogen and oxygen atoms in total. The van der Waals surface area contributed by atoms with Gasteiger partial charge >= 0.3 is 0 Å². The molecule has 0 amide bonds. The normalized spacial score (nSPS) is 20.6. The smallest absolute Gasteiger partial charge is 0.128 e. The monoisotopic (exact) mass is 275 g/mol. The van der Waals surface area contributed by atoms with Crippen molar-refractivity contribution in [1.82, 2.24) is 9.55 Å². The van der Waals surface area contributed by atoms with Gasteiger partial charge in [-0.2, -0.15) is 5.26 Å². The molecule has 2 aromatic rings. The number of halogens is 1. The minimum Gasteiger partial charge on any atom is -0.379 e. The molecule has 19 heavy (non-hydrogen) atoms. The Morgan fingerprint density at radius 2 is 2.42 bits per heavy atom. The van der Waals surface area contributed by atoms with E-state index >= 15 is 0 Å². The molecule has 0 N–H and O–H groups in total. The largest absolute Gasteiger partial charge is 0.379 e. The van der Waals surface area contributed by atoms with Crippen LogP contribution in [0.15, 0.2) is 18.2 Å². The highest BCUT2D eigenvalue weighted by Gasteiger charge is 2.25. The summed E-state index contributed by atoms with van der Waals surface area (Å²) in [4.78, 5) is 4.60. The van der Waals surface area contributed by atoms with Crippen LogP contribution in [0.2, 0.25) is 0 Å². The number of alkyl halides is 1. The van der Waals surface area contributed by atoms with Crippen LogP contribution < -0.4 is 0 Å². The molecule has 1 aromatic carbocycles. The van der Waals surface area contributed by atoms with Gasteiger partial charge in [0.1, 0.15) is 5.82 Å². The first kappa shape index (κ1) is 12.5. The third-order valence-corrected chi connectivity index (χ3v) is 3.67. The van der Waals surface area contributed by atoms with Crippen LogP contribution in [0.3, 0.4) is 0 Å². The van der Waals surface area contributed by atoms with Gasteiger partial charge in [-0.15, -0.1) is 11.6 Å². The summed E-state index contributed by atoms with van der Waals surface area (Å²) in [5.74, 6) is 0.849. The molecule has 2 atom stereocenters. The lowest BCUT2D eigenvalue weighted by atomic mass is 10.2. The summed E-state index contributed by atoms with van der Waals surface area (Å²) in [6.07, 6.45) is 0.957. The lowest BCUT2D eigenvalue weighted by Crippen LogP contribution is -2.12. The molecule has 2 heterocycles. The second kappa shape index (κ2) is 4.84. The number of ether oxygens (including phenoxy) is 1. The fraction of sp³-hybridized carbons (Fsp3) is 0.429. The highest BCUT2D eigenvalue weighted by atomic mass is 35.5. The molecule has 2 unspecified atom stereocenters. The van der Waals surface area contributed by atoms with Crippen LogP contribution in [0.4, 0.5) is 0 Å². The van der Waals surface area contributed by atoms with Crippen molar-refractivity contribution in [1.29, 1.82) is 5.26 Å². The Bertz CT molecular complexity index is 650. The summed E-state index contributed by atoms with van der Waals surface area (Å²) < 4.78 is 7.60. The van der Waals surface area contributed by atoms with Crippen LogP contribution in [-0.4, -0.2) is 22.8 Å². The maximum atomic E-state index is 9.04. The first-order valence-electron chi connectivity index (χ1n) is 6.34. The van der Waals surface area contributed by atoms with Gasteiger partial charge in [0.15, 0.2) is 0 Å². The number of nitriles is 1. The van der Waals surface area contributed by atoms with E-state index in [4.69, 9.17) is 21.6 Å². The average Bonchev–Trinajstić information content (AvgIpc) is 3.04. The lowest BCUT2D eigenvalue weighted by molar-refractivity contribution is 0.186. The summed E-state index contributed by atoms with van der Waals surface area (Å²) in [5.41, 5.74) is 2.49. The van der Waals surface area contributed by atoms with Gasteiger partial charge in [-0.1, -0.05) is 0 Å². The Morgan fingerprint density at radius 1 is 1.58 bits per heavy atom. The zero-order valence-electron chi connectivity index (χ0n) is 10.6. The first-order valence-corrected chi connectivity index (χ1v) is 6.78. The second-order valence-electron chi connectivity index (χ2n) is 4.79. The van der Waals surface area contributed by atoms with Crippen molar-refractivity contribution < 1.29 is 4.74 Å². The fourth-order valence-corrected chi connectivity index (χ4v) is 2.73. The van der Waals surface area contributed by atoms with Gasteiger partial charge in [0.2, 0.25) is 0 Å². The van der Waals surface area contributed by atoms with Crippen molar-refractivity contribution in [3.05, 3.63) is 29.6 Å². The Morgan fingerprint density at radius 3 is 3.05 bits per heavy atom. The third kappa shape index (κ3) is 2.09. The number of hydrogen-bond donors (Lipinski definition) is 0. The van der Waals surface area contributed by atoms with Crippen LogP contribution >= 0.6 is 11.6 Å². The summed E-state index contributed by atoms with van der Waals surface area (Å²) in [6.45, 7) is 3.36. The Hall–Kier alpha value is -1.57. The van der Waals surface area contributed by atoms with Crippen molar-refractivity contribution in [2.45, 2.75) is 24.8 Å². The van der Waals surface area contributed by atoms with E-state index in [1.807, 2.05) is 19.1 Å². The van der Waals surface area contributed by atoms with E-state index in [9.17, 15) is 0 Å². The van der Waals surface area contributed by atoms with Crippen molar-refractivity contribution in [2.75, 3.05) is 13.2 Å². The molecule has 0 spiro atoms. The molecule has 1 fully saturated rings. The average molecular weight is 276 g/mol. The predicted octanol–water partition coefficient (Wildman–Crippen LogP) is 3.17. The van der Waals surface area contributed by atoms with Crippen molar-refractivity contribution in [2.24, 2.45) is 0 Å². The highest BCUT2D eigenvalue weighted by molar-refractivity contribution is 6.20. The van der Waals surface area contributed by atoms with E-state index in [0.29, 0.717) is 12.2 Å². The number of hydrogen-bond acceptors (Lipinski definition) is 3. The Labute approximate surface area is 116 Å². The van der Waals surface area contributed by atoms with Gasteiger partial charge in [-0.3, -0.25) is 0 Å². The van der Waals surface area contributed by atoms with E-state index < -0.39 is 0 Å². The summed E-state index contributed by atoms with van der Waals surface area (Å²) in [5, 5.41) is 8.87. The highest BCUT2D eigenvalue weighted by Crippen LogP contribution is 2.31. The van der Waals surface area contributed by atoms with E-state index in [0.717, 1.165) is 29.9 Å². The number of rotatable bonds is 2. The Kier molecular flexibility index (Phi) is 3.17. The van der Waals surface area contributed by atoms with E-state index in [1.165, 1.54) is 0 Å².